The molecule has 1 spiro atoms. The van der Waals surface area contributed by atoms with Crippen LogP contribution in [0.4, 0.5) is 30.7 Å². The summed E-state index contributed by atoms with van der Waals surface area (Å²) in [5.74, 6) is -17.0. The Bertz CT molecular complexity index is 1060. The SMILES string of the molecule is CN1CCC23c4c5ccc(OC(=O)C(F)(F)C(F)(F)C(F)(F)F)c4OC2C(=O)CCC3C1C5. The van der Waals surface area contributed by atoms with Gasteiger partial charge in [-0.1, -0.05) is 6.07 Å². The van der Waals surface area contributed by atoms with E-state index in [1.54, 1.807) is 0 Å². The number of carbonyl (C=O) groups is 2. The van der Waals surface area contributed by atoms with Gasteiger partial charge in [-0.05, 0) is 50.4 Å². The number of Topliss-reactive ketones (excluding diaryl/α,β-unsaturated/α-hetero) is 1. The van der Waals surface area contributed by atoms with Gasteiger partial charge in [0.25, 0.3) is 0 Å². The molecule has 0 N–H and O–H groups in total. The Labute approximate surface area is 182 Å². The molecule has 12 heteroatoms. The summed E-state index contributed by atoms with van der Waals surface area (Å²) < 4.78 is 102. The van der Waals surface area contributed by atoms with Crippen molar-refractivity contribution in [3.05, 3.63) is 23.3 Å². The molecule has 2 heterocycles. The van der Waals surface area contributed by atoms with Gasteiger partial charge in [-0.15, -0.1) is 0 Å². The van der Waals surface area contributed by atoms with E-state index >= 15 is 0 Å². The molecule has 1 saturated heterocycles. The maximum Gasteiger partial charge on any atom is 0.460 e. The van der Waals surface area contributed by atoms with Gasteiger partial charge in [0.1, 0.15) is 0 Å². The zero-order valence-corrected chi connectivity index (χ0v) is 17.1. The third kappa shape index (κ3) is 2.69. The first-order valence-corrected chi connectivity index (χ1v) is 10.3. The first-order chi connectivity index (χ1) is 15.2. The highest BCUT2D eigenvalue weighted by Gasteiger charge is 2.77. The number of rotatable bonds is 3. The summed E-state index contributed by atoms with van der Waals surface area (Å²) in [6.07, 6.45) is -5.77. The molecule has 4 unspecified atom stereocenters. The van der Waals surface area contributed by atoms with Gasteiger partial charge in [0.2, 0.25) is 0 Å². The number of carbonyl (C=O) groups excluding carboxylic acids is 2. The smallest absolute Gasteiger partial charge is 0.460 e. The number of piperidine rings is 1. The molecular formula is C21H18F7NO4. The number of nitrogens with zero attached hydrogens (tertiary/aromatic N) is 1. The van der Waals surface area contributed by atoms with Crippen molar-refractivity contribution in [1.29, 1.82) is 0 Å². The Morgan fingerprint density at radius 3 is 2.55 bits per heavy atom. The quantitative estimate of drug-likeness (QED) is 0.375. The van der Waals surface area contributed by atoms with Crippen LogP contribution in [-0.4, -0.2) is 60.4 Å². The highest BCUT2D eigenvalue weighted by molar-refractivity contribution is 5.89. The number of ether oxygens (including phenoxy) is 2. The van der Waals surface area contributed by atoms with Gasteiger partial charge in [-0.2, -0.15) is 30.7 Å². The molecule has 1 aromatic rings. The number of hydrogen-bond acceptors (Lipinski definition) is 5. The zero-order valence-electron chi connectivity index (χ0n) is 17.1. The molecule has 2 aliphatic heterocycles. The third-order valence-corrected chi connectivity index (χ3v) is 7.58. The normalized spacial score (nSPS) is 31.2. The Hall–Kier alpha value is -2.37. The van der Waals surface area contributed by atoms with Gasteiger partial charge in [-0.3, -0.25) is 4.79 Å². The summed E-state index contributed by atoms with van der Waals surface area (Å²) in [7, 11) is 1.96. The van der Waals surface area contributed by atoms with E-state index in [2.05, 4.69) is 9.64 Å². The predicted molar refractivity (Wildman–Crippen MR) is 96.6 cm³/mol. The standard InChI is InChI=1S/C21H18F7NO4/c1-29-7-6-18-10-3-4-12(30)16(18)33-15-13(5-2-9(14(15)18)8-11(10)29)32-17(31)19(22,23)20(24,25)21(26,27)28/h2,5,10-11,16H,3-4,6-8H2,1H3. The Morgan fingerprint density at radius 1 is 1.18 bits per heavy atom. The molecule has 5 nitrogen and oxygen atoms in total. The van der Waals surface area contributed by atoms with Crippen molar-refractivity contribution >= 4 is 11.8 Å². The lowest BCUT2D eigenvalue weighted by molar-refractivity contribution is -0.346. The lowest BCUT2D eigenvalue weighted by Crippen LogP contribution is -2.65. The molecule has 180 valence electrons. The maximum absolute atomic E-state index is 13.8. The Balaban J connectivity index is 1.57. The number of halogens is 7. The maximum atomic E-state index is 13.8. The summed E-state index contributed by atoms with van der Waals surface area (Å²) in [5, 5.41) is 0. The molecule has 1 saturated carbocycles. The Morgan fingerprint density at radius 2 is 1.88 bits per heavy atom. The van der Waals surface area contributed by atoms with Crippen LogP contribution in [0, 0.1) is 5.92 Å². The number of ketones is 1. The molecule has 2 aliphatic carbocycles. The molecule has 0 radical (unpaired) electrons. The van der Waals surface area contributed by atoms with Gasteiger partial charge in [0.15, 0.2) is 23.4 Å². The van der Waals surface area contributed by atoms with Gasteiger partial charge in [0.05, 0.1) is 0 Å². The van der Waals surface area contributed by atoms with Gasteiger partial charge < -0.3 is 14.4 Å². The monoisotopic (exact) mass is 481 g/mol. The van der Waals surface area contributed by atoms with Crippen molar-refractivity contribution in [2.24, 2.45) is 5.92 Å². The number of esters is 1. The van der Waals surface area contributed by atoms with Gasteiger partial charge in [-0.25, -0.2) is 4.79 Å². The fourth-order valence-electron chi connectivity index (χ4n) is 6.06. The second kappa shape index (κ2) is 6.61. The summed E-state index contributed by atoms with van der Waals surface area (Å²) in [4.78, 5) is 26.8. The van der Waals surface area contributed by atoms with E-state index in [1.807, 2.05) is 7.05 Å². The Kier molecular flexibility index (Phi) is 4.49. The van der Waals surface area contributed by atoms with Crippen molar-refractivity contribution < 1.29 is 49.8 Å². The third-order valence-electron chi connectivity index (χ3n) is 7.58. The van der Waals surface area contributed by atoms with Crippen molar-refractivity contribution in [3.8, 4) is 11.5 Å². The first kappa shape index (κ1) is 22.4. The van der Waals surface area contributed by atoms with Crippen LogP contribution in [0.15, 0.2) is 12.1 Å². The minimum atomic E-state index is -6.67. The van der Waals surface area contributed by atoms with Crippen molar-refractivity contribution in [2.45, 2.75) is 61.3 Å². The zero-order chi connectivity index (χ0) is 24.1. The molecule has 0 amide bonds. The molecule has 4 aliphatic rings. The van der Waals surface area contributed by atoms with E-state index in [0.29, 0.717) is 31.4 Å². The second-order valence-corrected chi connectivity index (χ2v) is 9.11. The molecular weight excluding hydrogens is 463 g/mol. The molecule has 1 aromatic carbocycles. The molecule has 33 heavy (non-hydrogen) atoms. The second-order valence-electron chi connectivity index (χ2n) is 9.11. The summed E-state index contributed by atoms with van der Waals surface area (Å²) in [6, 6.07) is 2.58. The fraction of sp³-hybridized carbons (Fsp3) is 0.619. The molecule has 2 bridgehead atoms. The molecule has 5 rings (SSSR count). The minimum Gasteiger partial charge on any atom is -0.477 e. The number of alkyl halides is 7. The van der Waals surface area contributed by atoms with Crippen molar-refractivity contribution in [2.75, 3.05) is 13.6 Å². The van der Waals surface area contributed by atoms with Crippen LogP contribution in [0.1, 0.15) is 30.4 Å². The molecule has 4 atom stereocenters. The van der Waals surface area contributed by atoms with Crippen LogP contribution in [0.25, 0.3) is 0 Å². The van der Waals surface area contributed by atoms with E-state index in [0.717, 1.165) is 11.6 Å². The van der Waals surface area contributed by atoms with Crippen molar-refractivity contribution in [3.63, 3.8) is 0 Å². The topological polar surface area (TPSA) is 55.8 Å². The summed E-state index contributed by atoms with van der Waals surface area (Å²) >= 11 is 0. The predicted octanol–water partition coefficient (Wildman–Crippen LogP) is 3.66. The van der Waals surface area contributed by atoms with E-state index in [-0.39, 0.29) is 29.9 Å². The number of likely N-dealkylation sites (N-methyl/N-ethyl adjacent to an activating group) is 1. The number of likely N-dealkylation sites (tertiary alicyclic amines) is 1. The van der Waals surface area contributed by atoms with Gasteiger partial charge in [0, 0.05) is 23.4 Å². The van der Waals surface area contributed by atoms with E-state index in [4.69, 9.17) is 4.74 Å². The van der Waals surface area contributed by atoms with Crippen LogP contribution in [0.2, 0.25) is 0 Å². The number of hydrogen-bond donors (Lipinski definition) is 0. The van der Waals surface area contributed by atoms with E-state index in [9.17, 15) is 40.3 Å². The summed E-state index contributed by atoms with van der Waals surface area (Å²) in [6.45, 7) is 0.618. The fourth-order valence-corrected chi connectivity index (χ4v) is 6.06. The van der Waals surface area contributed by atoms with Gasteiger partial charge >= 0.3 is 24.0 Å². The number of benzene rings is 1. The minimum absolute atomic E-state index is 0.00495. The highest BCUT2D eigenvalue weighted by atomic mass is 19.4. The average molecular weight is 481 g/mol. The lowest BCUT2D eigenvalue weighted by atomic mass is 9.52. The highest BCUT2D eigenvalue weighted by Crippen LogP contribution is 2.63. The van der Waals surface area contributed by atoms with E-state index in [1.165, 1.54) is 6.07 Å². The molecule has 2 fully saturated rings. The van der Waals surface area contributed by atoms with Crippen LogP contribution in [0.3, 0.4) is 0 Å². The summed E-state index contributed by atoms with van der Waals surface area (Å²) in [5.41, 5.74) is 0.462. The lowest BCUT2D eigenvalue weighted by Gasteiger charge is -2.57. The van der Waals surface area contributed by atoms with Crippen LogP contribution >= 0.6 is 0 Å². The average Bonchev–Trinajstić information content (AvgIpc) is 3.08. The largest absolute Gasteiger partial charge is 0.477 e. The van der Waals surface area contributed by atoms with Crippen LogP contribution in [0.5, 0.6) is 11.5 Å². The van der Waals surface area contributed by atoms with E-state index < -0.39 is 41.3 Å². The van der Waals surface area contributed by atoms with Crippen LogP contribution in [-0.2, 0) is 21.4 Å². The molecule has 0 aromatic heterocycles. The van der Waals surface area contributed by atoms with Crippen LogP contribution < -0.4 is 9.47 Å². The first-order valence-electron chi connectivity index (χ1n) is 10.3. The van der Waals surface area contributed by atoms with Crippen molar-refractivity contribution in [1.82, 2.24) is 4.90 Å².